The van der Waals surface area contributed by atoms with Gasteiger partial charge in [0.05, 0.1) is 19.9 Å². The predicted molar refractivity (Wildman–Crippen MR) is 102 cm³/mol. The Bertz CT molecular complexity index is 845. The summed E-state index contributed by atoms with van der Waals surface area (Å²) < 4.78 is 37.6. The van der Waals surface area contributed by atoms with Crippen molar-refractivity contribution in [3.05, 3.63) is 22.6 Å². The molecule has 1 aliphatic heterocycles. The Balaban J connectivity index is 2.63. The molecule has 1 aromatic carbocycles. The van der Waals surface area contributed by atoms with Crippen molar-refractivity contribution in [3.63, 3.8) is 0 Å². The average molecular weight is 382 g/mol. The number of ether oxygens (including phenoxy) is 2. The van der Waals surface area contributed by atoms with Gasteiger partial charge in [-0.3, -0.25) is 9.10 Å². The Labute approximate surface area is 155 Å². The molecule has 0 aliphatic carbocycles. The Kier molecular flexibility index (Phi) is 5.85. The van der Waals surface area contributed by atoms with Crippen molar-refractivity contribution in [1.82, 2.24) is 5.32 Å². The lowest BCUT2D eigenvalue weighted by molar-refractivity contribution is -0.117. The van der Waals surface area contributed by atoms with E-state index in [-0.39, 0.29) is 10.9 Å². The van der Waals surface area contributed by atoms with Crippen LogP contribution in [0.25, 0.3) is 5.57 Å². The van der Waals surface area contributed by atoms with Crippen LogP contribution in [0.5, 0.6) is 11.5 Å². The molecule has 0 bridgehead atoms. The number of sulfonamides is 1. The third-order valence-electron chi connectivity index (χ3n) is 4.51. The molecule has 144 valence electrons. The smallest absolute Gasteiger partial charge is 0.269 e. The highest BCUT2D eigenvalue weighted by Gasteiger charge is 2.38. The largest absolute Gasteiger partial charge is 0.493 e. The van der Waals surface area contributed by atoms with E-state index in [1.807, 2.05) is 13.8 Å². The first-order chi connectivity index (χ1) is 12.2. The van der Waals surface area contributed by atoms with Gasteiger partial charge >= 0.3 is 0 Å². The Morgan fingerprint density at radius 3 is 2.35 bits per heavy atom. The molecule has 0 saturated carbocycles. The molecule has 0 radical (unpaired) electrons. The Hall–Kier alpha value is -2.22. The Morgan fingerprint density at radius 2 is 1.81 bits per heavy atom. The molecule has 0 fully saturated rings. The van der Waals surface area contributed by atoms with Crippen LogP contribution >= 0.6 is 0 Å². The molecular weight excluding hydrogens is 356 g/mol. The summed E-state index contributed by atoms with van der Waals surface area (Å²) in [6.07, 6.45) is 1.67. The maximum Gasteiger partial charge on any atom is 0.269 e. The van der Waals surface area contributed by atoms with Crippen molar-refractivity contribution in [2.45, 2.75) is 39.7 Å². The number of benzene rings is 1. The van der Waals surface area contributed by atoms with Crippen molar-refractivity contribution in [2.24, 2.45) is 0 Å². The molecule has 1 atom stereocenters. The van der Waals surface area contributed by atoms with Crippen LogP contribution in [0.1, 0.15) is 39.2 Å². The molecule has 1 amide bonds. The number of methoxy groups -OCH3 is 2. The molecule has 26 heavy (non-hydrogen) atoms. The summed E-state index contributed by atoms with van der Waals surface area (Å²) in [5.41, 5.74) is 1.45. The van der Waals surface area contributed by atoms with Crippen LogP contribution in [0, 0.1) is 0 Å². The lowest BCUT2D eigenvalue weighted by atomic mass is 10.0. The number of allylic oxidation sites excluding steroid dienone is 1. The van der Waals surface area contributed by atoms with Gasteiger partial charge in [0.2, 0.25) is 0 Å². The van der Waals surface area contributed by atoms with E-state index >= 15 is 0 Å². The van der Waals surface area contributed by atoms with E-state index in [1.165, 1.54) is 21.3 Å². The minimum absolute atomic E-state index is 0.111. The summed E-state index contributed by atoms with van der Waals surface area (Å²) in [4.78, 5) is 12.5. The lowest BCUT2D eigenvalue weighted by Crippen LogP contribution is -2.41. The summed E-state index contributed by atoms with van der Waals surface area (Å²) in [7, 11) is 0.452. The zero-order chi connectivity index (χ0) is 19.6. The number of amides is 1. The van der Waals surface area contributed by atoms with E-state index in [4.69, 9.17) is 9.47 Å². The molecule has 1 unspecified atom stereocenters. The van der Waals surface area contributed by atoms with Gasteiger partial charge in [-0.25, -0.2) is 8.42 Å². The van der Waals surface area contributed by atoms with Crippen molar-refractivity contribution < 1.29 is 22.7 Å². The average Bonchev–Trinajstić information content (AvgIpc) is 2.58. The fourth-order valence-electron chi connectivity index (χ4n) is 3.09. The van der Waals surface area contributed by atoms with Gasteiger partial charge in [0.15, 0.2) is 16.4 Å². The van der Waals surface area contributed by atoms with E-state index in [2.05, 4.69) is 5.32 Å². The van der Waals surface area contributed by atoms with Gasteiger partial charge in [0, 0.05) is 24.7 Å². The maximum absolute atomic E-state index is 13.0. The molecule has 2 rings (SSSR count). The molecule has 0 spiro atoms. The number of hydrogen-bond donors (Lipinski definition) is 1. The first kappa shape index (κ1) is 20.1. The lowest BCUT2D eigenvalue weighted by Gasteiger charge is -2.30. The number of anilines is 1. The molecule has 8 heteroatoms. The normalized spacial score (nSPS) is 16.8. The summed E-state index contributed by atoms with van der Waals surface area (Å²) in [6, 6.07) is 3.18. The molecule has 0 aromatic heterocycles. The van der Waals surface area contributed by atoms with E-state index < -0.39 is 15.9 Å². The van der Waals surface area contributed by atoms with Gasteiger partial charge in [-0.2, -0.15) is 0 Å². The minimum atomic E-state index is -3.96. The predicted octanol–water partition coefficient (Wildman–Crippen LogP) is 2.52. The quantitative estimate of drug-likeness (QED) is 0.817. The summed E-state index contributed by atoms with van der Waals surface area (Å²) in [5, 5.41) is 2.78. The summed E-state index contributed by atoms with van der Waals surface area (Å²) in [5.74, 6) is 0.304. The highest BCUT2D eigenvalue weighted by Crippen LogP contribution is 2.44. The highest BCUT2D eigenvalue weighted by atomic mass is 32.2. The summed E-state index contributed by atoms with van der Waals surface area (Å²) in [6.45, 7) is 5.50. The topological polar surface area (TPSA) is 84.9 Å². The Morgan fingerprint density at radius 1 is 1.23 bits per heavy atom. The number of carbonyl (C=O) groups excluding carboxylic acids is 1. The first-order valence-corrected chi connectivity index (χ1v) is 9.90. The third-order valence-corrected chi connectivity index (χ3v) is 6.43. The standard InChI is InChI=1S/C18H26N2O5S/c1-7-8-11(2)19-18(21)17-12(3)13-9-15(24-5)16(25-6)10-14(13)20(4)26(17,22)23/h9-11H,7-8H2,1-6H3,(H,19,21). The van der Waals surface area contributed by atoms with E-state index in [0.717, 1.165) is 17.1 Å². The maximum atomic E-state index is 13.0. The van der Waals surface area contributed by atoms with Gasteiger partial charge in [-0.05, 0) is 31.9 Å². The summed E-state index contributed by atoms with van der Waals surface area (Å²) >= 11 is 0. The van der Waals surface area contributed by atoms with Crippen LogP contribution in [0.2, 0.25) is 0 Å². The van der Waals surface area contributed by atoms with Crippen LogP contribution in [0.15, 0.2) is 17.0 Å². The van der Waals surface area contributed by atoms with Gasteiger partial charge in [0.1, 0.15) is 0 Å². The van der Waals surface area contributed by atoms with E-state index in [1.54, 1.807) is 19.1 Å². The van der Waals surface area contributed by atoms with E-state index in [9.17, 15) is 13.2 Å². The van der Waals surface area contributed by atoms with Crippen LogP contribution in [-0.4, -0.2) is 41.6 Å². The van der Waals surface area contributed by atoms with Crippen LogP contribution in [0.3, 0.4) is 0 Å². The number of nitrogens with zero attached hydrogens (tertiary/aromatic N) is 1. The monoisotopic (exact) mass is 382 g/mol. The van der Waals surface area contributed by atoms with Gasteiger partial charge in [-0.1, -0.05) is 13.3 Å². The zero-order valence-corrected chi connectivity index (χ0v) is 16.9. The molecule has 1 aromatic rings. The fourth-order valence-corrected chi connectivity index (χ4v) is 4.57. The second kappa shape index (κ2) is 7.57. The minimum Gasteiger partial charge on any atom is -0.493 e. The van der Waals surface area contributed by atoms with Crippen molar-refractivity contribution in [2.75, 3.05) is 25.6 Å². The second-order valence-corrected chi connectivity index (χ2v) is 8.22. The SMILES string of the molecule is CCCC(C)NC(=O)C1=C(C)c2cc(OC)c(OC)cc2N(C)S1(=O)=O. The molecule has 7 nitrogen and oxygen atoms in total. The van der Waals surface area contributed by atoms with Crippen LogP contribution < -0.4 is 19.1 Å². The number of nitrogens with one attached hydrogen (secondary N) is 1. The molecular formula is C18H26N2O5S. The van der Waals surface area contributed by atoms with Crippen molar-refractivity contribution >= 4 is 27.2 Å². The number of rotatable bonds is 6. The van der Waals surface area contributed by atoms with Gasteiger partial charge < -0.3 is 14.8 Å². The number of carbonyl (C=O) groups is 1. The zero-order valence-electron chi connectivity index (χ0n) is 16.0. The fraction of sp³-hybridized carbons (Fsp3) is 0.500. The highest BCUT2D eigenvalue weighted by molar-refractivity contribution is 7.97. The van der Waals surface area contributed by atoms with Gasteiger partial charge in [-0.15, -0.1) is 0 Å². The van der Waals surface area contributed by atoms with Crippen LogP contribution in [0.4, 0.5) is 5.69 Å². The molecule has 0 saturated heterocycles. The third kappa shape index (κ3) is 3.38. The van der Waals surface area contributed by atoms with Crippen molar-refractivity contribution in [1.29, 1.82) is 0 Å². The number of hydrogen-bond acceptors (Lipinski definition) is 5. The van der Waals surface area contributed by atoms with Crippen LogP contribution in [-0.2, 0) is 14.8 Å². The second-order valence-electron chi connectivity index (χ2n) is 6.31. The molecule has 1 heterocycles. The first-order valence-electron chi connectivity index (χ1n) is 8.46. The van der Waals surface area contributed by atoms with Crippen molar-refractivity contribution in [3.8, 4) is 11.5 Å². The molecule has 1 N–H and O–H groups in total. The number of fused-ring (bicyclic) bond motifs is 1. The van der Waals surface area contributed by atoms with E-state index in [0.29, 0.717) is 28.3 Å². The van der Waals surface area contributed by atoms with Gasteiger partial charge in [0.25, 0.3) is 15.9 Å². The molecule has 1 aliphatic rings.